The van der Waals surface area contributed by atoms with Crippen molar-refractivity contribution >= 4 is 11.9 Å². The van der Waals surface area contributed by atoms with Crippen molar-refractivity contribution in [3.63, 3.8) is 0 Å². The van der Waals surface area contributed by atoms with E-state index in [4.69, 9.17) is 5.73 Å². The van der Waals surface area contributed by atoms with Gasteiger partial charge in [-0.3, -0.25) is 4.79 Å². The van der Waals surface area contributed by atoms with Crippen molar-refractivity contribution in [1.29, 1.82) is 0 Å². The summed E-state index contributed by atoms with van der Waals surface area (Å²) in [5, 5.41) is 14.4. The third-order valence-electron chi connectivity index (χ3n) is 2.42. The van der Waals surface area contributed by atoms with Crippen molar-refractivity contribution in [3.05, 3.63) is 0 Å². The van der Waals surface area contributed by atoms with Gasteiger partial charge in [0.1, 0.15) is 6.04 Å². The molecule has 0 aliphatic heterocycles. The number of aliphatic hydroxyl groups excluding tert-OH is 1. The van der Waals surface area contributed by atoms with Gasteiger partial charge in [0, 0.05) is 6.04 Å². The maximum absolute atomic E-state index is 11.9. The molecule has 0 fully saturated rings. The molecule has 5 N–H and O–H groups in total. The van der Waals surface area contributed by atoms with E-state index in [9.17, 15) is 14.7 Å². The maximum Gasteiger partial charge on any atom is 0.312 e. The minimum Gasteiger partial charge on any atom is -0.393 e. The van der Waals surface area contributed by atoms with E-state index in [2.05, 4.69) is 10.6 Å². The summed E-state index contributed by atoms with van der Waals surface area (Å²) in [4.78, 5) is 22.8. The number of hydrogen-bond donors (Lipinski definition) is 4. The molecule has 0 aliphatic carbocycles. The van der Waals surface area contributed by atoms with Crippen LogP contribution in [0, 0.1) is 5.92 Å². The minimum atomic E-state index is -0.709. The van der Waals surface area contributed by atoms with Crippen molar-refractivity contribution in [2.24, 2.45) is 11.7 Å². The monoisotopic (exact) mass is 259 g/mol. The van der Waals surface area contributed by atoms with Crippen LogP contribution in [0.25, 0.3) is 0 Å². The summed E-state index contributed by atoms with van der Waals surface area (Å²) in [6.07, 6.45) is 0.514. The Morgan fingerprint density at radius 2 is 1.67 bits per heavy atom. The zero-order chi connectivity index (χ0) is 14.3. The molecule has 106 valence electrons. The molecule has 0 bridgehead atoms. The van der Waals surface area contributed by atoms with Crippen molar-refractivity contribution in [2.45, 2.75) is 58.7 Å². The van der Waals surface area contributed by atoms with Gasteiger partial charge in [-0.1, -0.05) is 13.8 Å². The molecule has 0 aromatic carbocycles. The number of nitrogens with one attached hydrogen (secondary N) is 2. The highest BCUT2D eigenvalue weighted by Gasteiger charge is 2.22. The first-order chi connectivity index (χ1) is 8.22. The Labute approximate surface area is 108 Å². The number of carbonyl (C=O) groups is 2. The summed E-state index contributed by atoms with van der Waals surface area (Å²) in [5.41, 5.74) is 5.05. The highest BCUT2D eigenvalue weighted by molar-refractivity contribution is 5.86. The first-order valence-corrected chi connectivity index (χ1v) is 6.26. The number of urea groups is 1. The number of primary amides is 1. The summed E-state index contributed by atoms with van der Waals surface area (Å²) in [7, 11) is 0. The highest BCUT2D eigenvalue weighted by atomic mass is 16.3. The fraction of sp³-hybridized carbons (Fsp3) is 0.833. The fourth-order valence-corrected chi connectivity index (χ4v) is 1.79. The van der Waals surface area contributed by atoms with Gasteiger partial charge in [-0.05, 0) is 32.6 Å². The van der Waals surface area contributed by atoms with Crippen molar-refractivity contribution in [2.75, 3.05) is 0 Å². The van der Waals surface area contributed by atoms with Crippen LogP contribution in [-0.2, 0) is 4.79 Å². The molecule has 0 aliphatic rings. The van der Waals surface area contributed by atoms with Crippen LogP contribution < -0.4 is 16.4 Å². The summed E-state index contributed by atoms with van der Waals surface area (Å²) in [6, 6.07) is -1.49. The van der Waals surface area contributed by atoms with Gasteiger partial charge in [0.05, 0.1) is 6.10 Å². The van der Waals surface area contributed by atoms with Gasteiger partial charge in [-0.15, -0.1) is 0 Å². The molecule has 18 heavy (non-hydrogen) atoms. The first kappa shape index (κ1) is 16.7. The van der Waals surface area contributed by atoms with Crippen LogP contribution in [0.15, 0.2) is 0 Å². The average Bonchev–Trinajstić information content (AvgIpc) is 2.13. The standard InChI is InChI=1S/C12H25N3O3/c1-7(2)5-10(15-12(13)18)11(17)14-8(3)6-9(4)16/h7-10,16H,5-6H2,1-4H3,(H,14,17)(H3,13,15,18). The van der Waals surface area contributed by atoms with E-state index in [1.807, 2.05) is 13.8 Å². The van der Waals surface area contributed by atoms with Gasteiger partial charge < -0.3 is 21.5 Å². The average molecular weight is 259 g/mol. The van der Waals surface area contributed by atoms with Crippen LogP contribution in [0.2, 0.25) is 0 Å². The summed E-state index contributed by atoms with van der Waals surface area (Å²) < 4.78 is 0. The SMILES string of the molecule is CC(C)CC(NC(N)=O)C(=O)NC(C)CC(C)O. The summed E-state index contributed by atoms with van der Waals surface area (Å²) >= 11 is 0. The van der Waals surface area contributed by atoms with Crippen molar-refractivity contribution in [3.8, 4) is 0 Å². The second kappa shape index (κ2) is 7.92. The Balaban J connectivity index is 4.40. The van der Waals surface area contributed by atoms with Gasteiger partial charge in [-0.2, -0.15) is 0 Å². The molecule has 0 saturated carbocycles. The predicted octanol–water partition coefficient (Wildman–Crippen LogP) is 0.345. The number of hydrogen-bond acceptors (Lipinski definition) is 3. The lowest BCUT2D eigenvalue weighted by molar-refractivity contribution is -0.124. The minimum absolute atomic E-state index is 0.151. The number of rotatable bonds is 7. The maximum atomic E-state index is 11.9. The van der Waals surface area contributed by atoms with Gasteiger partial charge in [-0.25, -0.2) is 4.79 Å². The van der Waals surface area contributed by atoms with E-state index in [0.717, 1.165) is 0 Å². The van der Waals surface area contributed by atoms with Crippen LogP contribution in [0.4, 0.5) is 4.79 Å². The lowest BCUT2D eigenvalue weighted by Gasteiger charge is -2.22. The van der Waals surface area contributed by atoms with Crippen LogP contribution in [0.1, 0.15) is 40.5 Å². The molecule has 0 aromatic heterocycles. The molecule has 3 atom stereocenters. The van der Waals surface area contributed by atoms with Crippen molar-refractivity contribution < 1.29 is 14.7 Å². The van der Waals surface area contributed by atoms with E-state index < -0.39 is 18.2 Å². The molecule has 0 aromatic rings. The predicted molar refractivity (Wildman–Crippen MR) is 69.9 cm³/mol. The largest absolute Gasteiger partial charge is 0.393 e. The number of nitrogens with two attached hydrogens (primary N) is 1. The molecule has 3 unspecified atom stereocenters. The van der Waals surface area contributed by atoms with E-state index in [0.29, 0.717) is 12.8 Å². The molecule has 6 heteroatoms. The van der Waals surface area contributed by atoms with Crippen molar-refractivity contribution in [1.82, 2.24) is 10.6 Å². The Morgan fingerprint density at radius 1 is 1.11 bits per heavy atom. The third-order valence-corrected chi connectivity index (χ3v) is 2.42. The van der Waals surface area contributed by atoms with Gasteiger partial charge in [0.2, 0.25) is 5.91 Å². The molecule has 0 spiro atoms. The second-order valence-electron chi connectivity index (χ2n) is 5.19. The normalized spacial score (nSPS) is 15.9. The van der Waals surface area contributed by atoms with Gasteiger partial charge in [0.15, 0.2) is 0 Å². The molecule has 0 saturated heterocycles. The third kappa shape index (κ3) is 7.89. The number of carbonyl (C=O) groups excluding carboxylic acids is 2. The Bertz CT molecular complexity index is 280. The van der Waals surface area contributed by atoms with E-state index in [1.165, 1.54) is 0 Å². The molecule has 0 rings (SSSR count). The zero-order valence-electron chi connectivity index (χ0n) is 11.6. The fourth-order valence-electron chi connectivity index (χ4n) is 1.79. The van der Waals surface area contributed by atoms with Crippen LogP contribution in [-0.4, -0.2) is 35.2 Å². The van der Waals surface area contributed by atoms with E-state index in [1.54, 1.807) is 13.8 Å². The van der Waals surface area contributed by atoms with E-state index in [-0.39, 0.29) is 17.9 Å². The van der Waals surface area contributed by atoms with Crippen LogP contribution in [0.3, 0.4) is 0 Å². The molecule has 6 nitrogen and oxygen atoms in total. The quantitative estimate of drug-likeness (QED) is 0.530. The lowest BCUT2D eigenvalue weighted by Crippen LogP contribution is -2.51. The Morgan fingerprint density at radius 3 is 2.06 bits per heavy atom. The molecule has 0 heterocycles. The molecular weight excluding hydrogens is 234 g/mol. The lowest BCUT2D eigenvalue weighted by atomic mass is 10.0. The Kier molecular flexibility index (Phi) is 7.35. The molecular formula is C12H25N3O3. The van der Waals surface area contributed by atoms with Gasteiger partial charge >= 0.3 is 6.03 Å². The van der Waals surface area contributed by atoms with Crippen LogP contribution in [0.5, 0.6) is 0 Å². The second-order valence-corrected chi connectivity index (χ2v) is 5.19. The molecule has 3 amide bonds. The van der Waals surface area contributed by atoms with E-state index >= 15 is 0 Å². The molecule has 0 radical (unpaired) electrons. The number of amides is 3. The van der Waals surface area contributed by atoms with Crippen LogP contribution >= 0.6 is 0 Å². The first-order valence-electron chi connectivity index (χ1n) is 6.26. The topological polar surface area (TPSA) is 104 Å². The smallest absolute Gasteiger partial charge is 0.312 e. The Hall–Kier alpha value is -1.30. The van der Waals surface area contributed by atoms with Gasteiger partial charge in [0.25, 0.3) is 0 Å². The summed E-state index contributed by atoms with van der Waals surface area (Å²) in [6.45, 7) is 7.39. The summed E-state index contributed by atoms with van der Waals surface area (Å²) in [5.74, 6) is -0.00433. The highest BCUT2D eigenvalue weighted by Crippen LogP contribution is 2.06. The number of aliphatic hydroxyl groups is 1. The zero-order valence-corrected chi connectivity index (χ0v) is 11.6.